The van der Waals surface area contributed by atoms with Crippen molar-refractivity contribution in [3.8, 4) is 0 Å². The number of rotatable bonds is 7. The maximum Gasteiger partial charge on any atom is 0.408 e. The number of nitrogens with zero attached hydrogens (tertiary/aromatic N) is 2. The maximum absolute atomic E-state index is 13.6. The largest absolute Gasteiger partial charge is 0.467 e. The van der Waals surface area contributed by atoms with Crippen LogP contribution in [0.2, 0.25) is 0 Å². The van der Waals surface area contributed by atoms with Crippen LogP contribution in [0.4, 0.5) is 4.79 Å². The van der Waals surface area contributed by atoms with Gasteiger partial charge in [0.05, 0.1) is 23.2 Å². The van der Waals surface area contributed by atoms with Gasteiger partial charge in [-0.2, -0.15) is 17.6 Å². The van der Waals surface area contributed by atoms with E-state index in [1.54, 1.807) is 55.5 Å². The van der Waals surface area contributed by atoms with E-state index in [1.165, 1.54) is 13.5 Å². The molecule has 212 valence electrons. The Labute approximate surface area is 234 Å². The monoisotopic (exact) mass is 565 g/mol. The number of hydrogen-bond donors (Lipinski definition) is 1. The number of benzene rings is 2. The second-order valence-electron chi connectivity index (χ2n) is 12.1. The topological polar surface area (TPSA) is 117 Å². The van der Waals surface area contributed by atoms with Crippen molar-refractivity contribution >= 4 is 33.0 Å². The Bertz CT molecular complexity index is 1540. The Balaban J connectivity index is 1.28. The molecule has 1 amide bonds. The molecule has 0 unspecified atom stereocenters. The predicted molar refractivity (Wildman–Crippen MR) is 148 cm³/mol. The van der Waals surface area contributed by atoms with Gasteiger partial charge in [-0.1, -0.05) is 35.9 Å². The number of aromatic nitrogens is 2. The average Bonchev–Trinajstić information content (AvgIpc) is 3.29. The highest BCUT2D eigenvalue weighted by Gasteiger charge is 2.50. The van der Waals surface area contributed by atoms with Crippen molar-refractivity contribution in [2.24, 2.45) is 23.7 Å². The lowest BCUT2D eigenvalue weighted by molar-refractivity contribution is -0.148. The number of nitrogens with one attached hydrogen (secondary N) is 1. The molecule has 0 spiro atoms. The third-order valence-electron chi connectivity index (χ3n) is 9.10. The first-order chi connectivity index (χ1) is 19.1. The Morgan fingerprint density at radius 3 is 2.25 bits per heavy atom. The van der Waals surface area contributed by atoms with Gasteiger partial charge in [0.25, 0.3) is 10.0 Å². The van der Waals surface area contributed by atoms with Gasteiger partial charge in [-0.25, -0.2) is 9.59 Å². The van der Waals surface area contributed by atoms with Gasteiger partial charge in [0, 0.05) is 11.8 Å². The van der Waals surface area contributed by atoms with Crippen molar-refractivity contribution in [1.29, 1.82) is 0 Å². The average molecular weight is 566 g/mol. The van der Waals surface area contributed by atoms with Crippen molar-refractivity contribution in [3.05, 3.63) is 59.8 Å². The van der Waals surface area contributed by atoms with Gasteiger partial charge in [-0.05, 0) is 87.8 Å². The summed E-state index contributed by atoms with van der Waals surface area (Å²) in [5, 5.41) is 7.80. The van der Waals surface area contributed by atoms with E-state index in [0.717, 1.165) is 47.2 Å². The van der Waals surface area contributed by atoms with E-state index < -0.39 is 27.6 Å². The fourth-order valence-electron chi connectivity index (χ4n) is 7.40. The first-order valence-electron chi connectivity index (χ1n) is 13.9. The van der Waals surface area contributed by atoms with Crippen LogP contribution in [0.25, 0.3) is 10.9 Å². The van der Waals surface area contributed by atoms with Crippen LogP contribution in [0.15, 0.2) is 53.4 Å². The molecular weight excluding hydrogens is 530 g/mol. The molecule has 3 aromatic rings. The summed E-state index contributed by atoms with van der Waals surface area (Å²) >= 11 is 0. The van der Waals surface area contributed by atoms with Gasteiger partial charge in [0.15, 0.2) is 0 Å². The summed E-state index contributed by atoms with van der Waals surface area (Å²) in [4.78, 5) is 26.4. The molecule has 40 heavy (non-hydrogen) atoms. The molecule has 1 N–H and O–H groups in total. The maximum atomic E-state index is 13.6. The van der Waals surface area contributed by atoms with Crippen molar-refractivity contribution in [1.82, 2.24) is 14.5 Å². The number of hydrogen-bond acceptors (Lipinski definition) is 7. The molecule has 0 saturated heterocycles. The molecule has 2 aromatic carbocycles. The molecular formula is C30H35N3O6S. The van der Waals surface area contributed by atoms with E-state index in [0.29, 0.717) is 28.4 Å². The third kappa shape index (κ3) is 4.66. The number of amides is 1. The zero-order valence-electron chi connectivity index (χ0n) is 23.0. The summed E-state index contributed by atoms with van der Waals surface area (Å²) in [6, 6.07) is 13.5. The number of aryl methyl sites for hydroxylation is 1. The SMILES string of the molecule is COC(=O)[C@](C)(Cc1nn(S(=O)(=O)c2ccc(C)cc2)c2ccccc12)NC(=O)OC1C2CC3CC(C2)CC1C3. The molecule has 4 aliphatic rings. The smallest absolute Gasteiger partial charge is 0.408 e. The molecule has 4 aliphatic carbocycles. The van der Waals surface area contributed by atoms with Crippen LogP contribution in [-0.2, 0) is 30.7 Å². The second-order valence-corrected chi connectivity index (χ2v) is 13.8. The van der Waals surface area contributed by atoms with E-state index >= 15 is 0 Å². The predicted octanol–water partition coefficient (Wildman–Crippen LogP) is 4.61. The highest BCUT2D eigenvalue weighted by atomic mass is 32.2. The van der Waals surface area contributed by atoms with E-state index in [1.807, 2.05) is 6.92 Å². The molecule has 4 fully saturated rings. The van der Waals surface area contributed by atoms with Crippen LogP contribution in [0.5, 0.6) is 0 Å². The van der Waals surface area contributed by atoms with E-state index in [4.69, 9.17) is 9.47 Å². The minimum absolute atomic E-state index is 0.0899. The lowest BCUT2D eigenvalue weighted by Gasteiger charge is -2.53. The number of esters is 1. The molecule has 1 aromatic heterocycles. The van der Waals surface area contributed by atoms with Crippen LogP contribution < -0.4 is 5.32 Å². The van der Waals surface area contributed by atoms with Crippen molar-refractivity contribution in [3.63, 3.8) is 0 Å². The molecule has 1 heterocycles. The number of carbonyl (C=O) groups excluding carboxylic acids is 2. The quantitative estimate of drug-likeness (QED) is 0.416. The molecule has 7 rings (SSSR count). The minimum Gasteiger partial charge on any atom is -0.467 e. The van der Waals surface area contributed by atoms with Gasteiger partial charge in [0.1, 0.15) is 11.6 Å². The zero-order chi connectivity index (χ0) is 28.2. The summed E-state index contributed by atoms with van der Waals surface area (Å²) in [5.41, 5.74) is 0.119. The lowest BCUT2D eigenvalue weighted by atomic mass is 9.55. The van der Waals surface area contributed by atoms with E-state index in [-0.39, 0.29) is 17.4 Å². The van der Waals surface area contributed by atoms with Crippen LogP contribution in [0.1, 0.15) is 50.3 Å². The van der Waals surface area contributed by atoms with Crippen molar-refractivity contribution in [2.45, 2.75) is 68.9 Å². The fourth-order valence-corrected chi connectivity index (χ4v) is 8.70. The standard InChI is InChI=1S/C30H35N3O6S/c1-18-8-10-23(11-9-18)40(36,37)33-26-7-5-4-6-24(26)25(32-33)17-30(2,28(34)38-3)31-29(35)39-27-21-13-19-12-20(15-21)16-22(27)14-19/h4-11,19-22,27H,12-17H2,1-3H3,(H,31,35)/t19?,20?,21?,22?,27?,30-/m0/s1. The first-order valence-corrected chi connectivity index (χ1v) is 15.4. The van der Waals surface area contributed by atoms with Crippen molar-refractivity contribution < 1.29 is 27.5 Å². The van der Waals surface area contributed by atoms with Crippen molar-refractivity contribution in [2.75, 3.05) is 7.11 Å². The lowest BCUT2D eigenvalue weighted by Crippen LogP contribution is -2.57. The number of carbonyl (C=O) groups is 2. The molecule has 10 heteroatoms. The number of ether oxygens (including phenoxy) is 2. The number of para-hydroxylation sites is 1. The van der Waals surface area contributed by atoms with Gasteiger partial charge < -0.3 is 14.8 Å². The Morgan fingerprint density at radius 1 is 1.00 bits per heavy atom. The summed E-state index contributed by atoms with van der Waals surface area (Å²) in [6.07, 6.45) is 4.78. The molecule has 0 aliphatic heterocycles. The number of methoxy groups -OCH3 is 1. The number of alkyl carbamates (subject to hydrolysis) is 1. The Kier molecular flexibility index (Phi) is 6.64. The van der Waals surface area contributed by atoms with Gasteiger partial charge >= 0.3 is 12.1 Å². The summed E-state index contributed by atoms with van der Waals surface area (Å²) < 4.78 is 39.2. The van der Waals surface area contributed by atoms with E-state index in [2.05, 4.69) is 10.4 Å². The summed E-state index contributed by atoms with van der Waals surface area (Å²) in [6.45, 7) is 3.44. The fraction of sp³-hybridized carbons (Fsp3) is 0.500. The summed E-state index contributed by atoms with van der Waals surface area (Å²) in [7, 11) is -2.76. The Morgan fingerprint density at radius 2 is 1.62 bits per heavy atom. The highest BCUT2D eigenvalue weighted by Crippen LogP contribution is 2.54. The van der Waals surface area contributed by atoms with E-state index in [9.17, 15) is 18.0 Å². The molecule has 4 saturated carbocycles. The molecule has 0 radical (unpaired) electrons. The van der Waals surface area contributed by atoms with Crippen LogP contribution in [0, 0.1) is 30.6 Å². The zero-order valence-corrected chi connectivity index (χ0v) is 23.8. The first kappa shape index (κ1) is 26.8. The third-order valence-corrected chi connectivity index (χ3v) is 10.7. The van der Waals surface area contributed by atoms with Gasteiger partial charge in [-0.3, -0.25) is 0 Å². The normalized spacial score (nSPS) is 26.8. The Hall–Kier alpha value is -3.40. The minimum atomic E-state index is -4.02. The molecule has 4 bridgehead atoms. The van der Waals surface area contributed by atoms with Gasteiger partial charge in [-0.15, -0.1) is 0 Å². The van der Waals surface area contributed by atoms with Gasteiger partial charge in [0.2, 0.25) is 0 Å². The highest BCUT2D eigenvalue weighted by molar-refractivity contribution is 7.90. The molecule has 1 atom stereocenters. The molecule has 9 nitrogen and oxygen atoms in total. The number of fused-ring (bicyclic) bond motifs is 1. The van der Waals surface area contributed by atoms with Crippen LogP contribution >= 0.6 is 0 Å². The second kappa shape index (κ2) is 9.90. The summed E-state index contributed by atoms with van der Waals surface area (Å²) in [5.74, 6) is 1.56. The van der Waals surface area contributed by atoms with Crippen LogP contribution in [-0.4, -0.2) is 48.4 Å². The van der Waals surface area contributed by atoms with Crippen LogP contribution in [0.3, 0.4) is 0 Å².